The zero-order chi connectivity index (χ0) is 15.2. The first-order chi connectivity index (χ1) is 10.2. The van der Waals surface area contributed by atoms with Gasteiger partial charge in [0.05, 0.1) is 13.2 Å². The van der Waals surface area contributed by atoms with Gasteiger partial charge in [-0.15, -0.1) is 0 Å². The van der Waals surface area contributed by atoms with Crippen molar-refractivity contribution < 1.29 is 9.47 Å². The van der Waals surface area contributed by atoms with E-state index in [1.54, 1.807) is 0 Å². The number of benzene rings is 1. The first kappa shape index (κ1) is 16.4. The number of rotatable bonds is 9. The molecule has 3 nitrogen and oxygen atoms in total. The zero-order valence-corrected chi connectivity index (χ0v) is 14.0. The van der Waals surface area contributed by atoms with Crippen LogP contribution in [-0.4, -0.2) is 19.8 Å². The van der Waals surface area contributed by atoms with Gasteiger partial charge in [0.1, 0.15) is 0 Å². The molecule has 0 spiro atoms. The summed E-state index contributed by atoms with van der Waals surface area (Å²) in [5, 5.41) is 4.39. The van der Waals surface area contributed by atoms with Gasteiger partial charge in [-0.2, -0.15) is 0 Å². The average Bonchev–Trinajstić information content (AvgIpc) is 3.28. The maximum Gasteiger partial charge on any atom is 0.162 e. The Morgan fingerprint density at radius 1 is 1.14 bits per heavy atom. The van der Waals surface area contributed by atoms with Crippen molar-refractivity contribution in [2.75, 3.05) is 19.8 Å². The molecule has 1 aliphatic rings. The van der Waals surface area contributed by atoms with E-state index in [0.717, 1.165) is 35.1 Å². The van der Waals surface area contributed by atoms with E-state index in [2.05, 4.69) is 18.3 Å². The Balaban J connectivity index is 2.29. The molecule has 0 aromatic heterocycles. The van der Waals surface area contributed by atoms with Crippen LogP contribution in [0.3, 0.4) is 0 Å². The van der Waals surface area contributed by atoms with Crippen molar-refractivity contribution in [1.82, 2.24) is 5.32 Å². The zero-order valence-electron chi connectivity index (χ0n) is 13.2. The van der Waals surface area contributed by atoms with Crippen LogP contribution in [0.4, 0.5) is 0 Å². The van der Waals surface area contributed by atoms with Crippen LogP contribution in [0.1, 0.15) is 51.6 Å². The maximum atomic E-state index is 6.51. The molecule has 1 aliphatic carbocycles. The number of ether oxygens (including phenoxy) is 2. The second-order valence-electron chi connectivity index (χ2n) is 5.46. The van der Waals surface area contributed by atoms with E-state index < -0.39 is 0 Å². The Hall–Kier alpha value is -0.930. The SMILES string of the molecule is CCCNC(c1cc(OCC)c(OCC)cc1Cl)C1CC1. The van der Waals surface area contributed by atoms with Gasteiger partial charge in [-0.05, 0) is 57.2 Å². The summed E-state index contributed by atoms with van der Waals surface area (Å²) in [7, 11) is 0. The van der Waals surface area contributed by atoms with Crippen molar-refractivity contribution in [1.29, 1.82) is 0 Å². The highest BCUT2D eigenvalue weighted by molar-refractivity contribution is 6.31. The largest absolute Gasteiger partial charge is 0.490 e. The van der Waals surface area contributed by atoms with Crippen molar-refractivity contribution in [2.24, 2.45) is 5.92 Å². The van der Waals surface area contributed by atoms with E-state index in [0.29, 0.717) is 25.2 Å². The van der Waals surface area contributed by atoms with Crippen LogP contribution in [0.2, 0.25) is 5.02 Å². The van der Waals surface area contributed by atoms with Gasteiger partial charge in [0.15, 0.2) is 11.5 Å². The molecule has 0 saturated heterocycles. The van der Waals surface area contributed by atoms with Gasteiger partial charge in [0.25, 0.3) is 0 Å². The molecular formula is C17H26ClNO2. The van der Waals surface area contributed by atoms with E-state index in [9.17, 15) is 0 Å². The molecule has 2 rings (SSSR count). The number of nitrogens with one attached hydrogen (secondary N) is 1. The summed E-state index contributed by atoms with van der Waals surface area (Å²) in [6.45, 7) is 8.37. The first-order valence-corrected chi connectivity index (χ1v) is 8.41. The fourth-order valence-corrected chi connectivity index (χ4v) is 2.86. The van der Waals surface area contributed by atoms with Crippen LogP contribution >= 0.6 is 11.6 Å². The Morgan fingerprint density at radius 2 is 1.76 bits per heavy atom. The molecule has 0 amide bonds. The molecule has 1 fully saturated rings. The molecule has 4 heteroatoms. The third kappa shape index (κ3) is 4.27. The fraction of sp³-hybridized carbons (Fsp3) is 0.647. The van der Waals surface area contributed by atoms with Crippen LogP contribution in [0, 0.1) is 5.92 Å². The minimum atomic E-state index is 0.326. The lowest BCUT2D eigenvalue weighted by molar-refractivity contribution is 0.287. The summed E-state index contributed by atoms with van der Waals surface area (Å²) in [6.07, 6.45) is 3.67. The predicted molar refractivity (Wildman–Crippen MR) is 87.5 cm³/mol. The molecular weight excluding hydrogens is 286 g/mol. The van der Waals surface area contributed by atoms with Crippen molar-refractivity contribution in [3.8, 4) is 11.5 Å². The normalized spacial score (nSPS) is 15.8. The van der Waals surface area contributed by atoms with Crippen LogP contribution in [0.25, 0.3) is 0 Å². The Kier molecular flexibility index (Phi) is 6.19. The second kappa shape index (κ2) is 7.90. The first-order valence-electron chi connectivity index (χ1n) is 8.03. The van der Waals surface area contributed by atoms with E-state index >= 15 is 0 Å². The van der Waals surface area contributed by atoms with Crippen molar-refractivity contribution in [3.63, 3.8) is 0 Å². The summed E-state index contributed by atoms with van der Waals surface area (Å²) in [6, 6.07) is 4.28. The van der Waals surface area contributed by atoms with Gasteiger partial charge < -0.3 is 14.8 Å². The summed E-state index contributed by atoms with van der Waals surface area (Å²) in [5.41, 5.74) is 1.14. The average molecular weight is 312 g/mol. The summed E-state index contributed by atoms with van der Waals surface area (Å²) < 4.78 is 11.4. The molecule has 1 saturated carbocycles. The number of hydrogen-bond donors (Lipinski definition) is 1. The van der Waals surface area contributed by atoms with Crippen LogP contribution in [0.5, 0.6) is 11.5 Å². The lowest BCUT2D eigenvalue weighted by Crippen LogP contribution is -2.24. The minimum absolute atomic E-state index is 0.326. The molecule has 1 aromatic carbocycles. The molecule has 0 bridgehead atoms. The Bertz CT molecular complexity index is 460. The van der Waals surface area contributed by atoms with E-state index in [1.165, 1.54) is 12.8 Å². The van der Waals surface area contributed by atoms with Gasteiger partial charge in [-0.3, -0.25) is 0 Å². The number of halogens is 1. The predicted octanol–water partition coefficient (Wildman–Crippen LogP) is 4.59. The Morgan fingerprint density at radius 3 is 2.29 bits per heavy atom. The molecule has 0 heterocycles. The third-order valence-corrected chi connectivity index (χ3v) is 4.03. The van der Waals surface area contributed by atoms with Gasteiger partial charge in [-0.25, -0.2) is 0 Å². The molecule has 1 aromatic rings. The van der Waals surface area contributed by atoms with Crippen molar-refractivity contribution in [3.05, 3.63) is 22.7 Å². The summed E-state index contributed by atoms with van der Waals surface area (Å²) >= 11 is 6.51. The van der Waals surface area contributed by atoms with E-state index in [4.69, 9.17) is 21.1 Å². The Labute approximate surface area is 133 Å². The smallest absolute Gasteiger partial charge is 0.162 e. The molecule has 0 aliphatic heterocycles. The van der Waals surface area contributed by atoms with Crippen LogP contribution in [-0.2, 0) is 0 Å². The van der Waals surface area contributed by atoms with Gasteiger partial charge in [0, 0.05) is 17.1 Å². The lowest BCUT2D eigenvalue weighted by atomic mass is 10.0. The molecule has 1 unspecified atom stereocenters. The van der Waals surface area contributed by atoms with E-state index in [-0.39, 0.29) is 0 Å². The highest BCUT2D eigenvalue weighted by atomic mass is 35.5. The summed E-state index contributed by atoms with van der Waals surface area (Å²) in [4.78, 5) is 0. The van der Waals surface area contributed by atoms with E-state index in [1.807, 2.05) is 19.9 Å². The molecule has 1 N–H and O–H groups in total. The molecule has 118 valence electrons. The highest BCUT2D eigenvalue weighted by Gasteiger charge is 2.33. The van der Waals surface area contributed by atoms with Gasteiger partial charge in [0.2, 0.25) is 0 Å². The standard InChI is InChI=1S/C17H26ClNO2/c1-4-9-19-17(12-7-8-12)13-10-15(20-5-2)16(21-6-3)11-14(13)18/h10-12,17,19H,4-9H2,1-3H3. The van der Waals surface area contributed by atoms with Gasteiger partial charge in [-0.1, -0.05) is 18.5 Å². The maximum absolute atomic E-state index is 6.51. The third-order valence-electron chi connectivity index (χ3n) is 3.71. The summed E-state index contributed by atoms with van der Waals surface area (Å²) in [5.74, 6) is 2.22. The lowest BCUT2D eigenvalue weighted by Gasteiger charge is -2.22. The topological polar surface area (TPSA) is 30.5 Å². The van der Waals surface area contributed by atoms with Crippen LogP contribution < -0.4 is 14.8 Å². The molecule has 0 radical (unpaired) electrons. The van der Waals surface area contributed by atoms with Crippen molar-refractivity contribution in [2.45, 2.75) is 46.1 Å². The highest BCUT2D eigenvalue weighted by Crippen LogP contribution is 2.45. The monoisotopic (exact) mass is 311 g/mol. The quantitative estimate of drug-likeness (QED) is 0.723. The fourth-order valence-electron chi connectivity index (χ4n) is 2.59. The minimum Gasteiger partial charge on any atom is -0.490 e. The molecule has 1 atom stereocenters. The number of hydrogen-bond acceptors (Lipinski definition) is 3. The second-order valence-corrected chi connectivity index (χ2v) is 5.86. The van der Waals surface area contributed by atoms with Crippen molar-refractivity contribution >= 4 is 11.6 Å². The molecule has 21 heavy (non-hydrogen) atoms. The van der Waals surface area contributed by atoms with Gasteiger partial charge >= 0.3 is 0 Å². The van der Waals surface area contributed by atoms with Crippen LogP contribution in [0.15, 0.2) is 12.1 Å².